The van der Waals surface area contributed by atoms with Crippen molar-refractivity contribution in [2.75, 3.05) is 18.4 Å². The fourth-order valence-electron chi connectivity index (χ4n) is 3.95. The monoisotopic (exact) mass is 443 g/mol. The lowest BCUT2D eigenvalue weighted by atomic mass is 9.93. The molecule has 160 valence electrons. The highest BCUT2D eigenvalue weighted by Crippen LogP contribution is 2.31. The van der Waals surface area contributed by atoms with Crippen LogP contribution in [0.3, 0.4) is 0 Å². The van der Waals surface area contributed by atoms with Crippen LogP contribution in [-0.2, 0) is 11.2 Å². The molecule has 0 saturated carbocycles. The van der Waals surface area contributed by atoms with Gasteiger partial charge in [0.15, 0.2) is 0 Å². The minimum absolute atomic E-state index is 0.0135. The van der Waals surface area contributed by atoms with Crippen LogP contribution < -0.4 is 10.9 Å². The Hall–Kier alpha value is -3.39. The number of pyridine rings is 1. The van der Waals surface area contributed by atoms with Crippen LogP contribution in [0.2, 0.25) is 5.02 Å². The number of hydrogen-bond donors (Lipinski definition) is 3. The van der Waals surface area contributed by atoms with Crippen molar-refractivity contribution in [2.45, 2.75) is 19.4 Å². The molecule has 2 heterocycles. The predicted octanol–water partition coefficient (Wildman–Crippen LogP) is 3.58. The van der Waals surface area contributed by atoms with E-state index in [-0.39, 0.29) is 40.6 Å². The molecule has 0 spiro atoms. The van der Waals surface area contributed by atoms with Gasteiger partial charge in [0.25, 0.3) is 5.56 Å². The molecule has 0 radical (unpaired) electrons. The molecular formula is C22H19ClFN3O4. The molecule has 3 N–H and O–H groups in total. The van der Waals surface area contributed by atoms with Crippen molar-refractivity contribution in [3.8, 4) is 0 Å². The van der Waals surface area contributed by atoms with Crippen molar-refractivity contribution in [3.05, 3.63) is 74.4 Å². The molecule has 1 aliphatic rings. The first kappa shape index (κ1) is 20.9. The Morgan fingerprint density at radius 3 is 2.81 bits per heavy atom. The molecular weight excluding hydrogens is 425 g/mol. The highest BCUT2D eigenvalue weighted by molar-refractivity contribution is 6.30. The molecule has 1 aliphatic heterocycles. The lowest BCUT2D eigenvalue weighted by molar-refractivity contribution is -0.131. The van der Waals surface area contributed by atoms with Crippen molar-refractivity contribution < 1.29 is 19.1 Å². The number of fused-ring (bicyclic) bond motifs is 2. The summed E-state index contributed by atoms with van der Waals surface area (Å²) in [5, 5.41) is 12.8. The molecule has 7 nitrogen and oxygen atoms in total. The number of amides is 1. The first-order valence-electron chi connectivity index (χ1n) is 9.66. The molecule has 1 atom stereocenters. The van der Waals surface area contributed by atoms with E-state index in [2.05, 4.69) is 10.3 Å². The largest absolute Gasteiger partial charge is 0.477 e. The number of anilines is 1. The van der Waals surface area contributed by atoms with Crippen LogP contribution in [0.25, 0.3) is 10.8 Å². The summed E-state index contributed by atoms with van der Waals surface area (Å²) in [5.41, 5.74) is 1.15. The van der Waals surface area contributed by atoms with E-state index in [1.54, 1.807) is 11.0 Å². The van der Waals surface area contributed by atoms with E-state index in [0.29, 0.717) is 18.0 Å². The molecule has 4 rings (SSSR count). The Morgan fingerprint density at radius 1 is 1.29 bits per heavy atom. The number of rotatable bonds is 4. The van der Waals surface area contributed by atoms with Crippen LogP contribution in [0.4, 0.5) is 10.1 Å². The smallest absolute Gasteiger partial charge is 0.352 e. The fourth-order valence-corrected chi connectivity index (χ4v) is 4.15. The van der Waals surface area contributed by atoms with E-state index in [1.165, 1.54) is 12.1 Å². The van der Waals surface area contributed by atoms with Crippen LogP contribution in [0, 0.1) is 5.82 Å². The van der Waals surface area contributed by atoms with Gasteiger partial charge in [0.2, 0.25) is 5.91 Å². The highest BCUT2D eigenvalue weighted by Gasteiger charge is 2.27. The zero-order valence-corrected chi connectivity index (χ0v) is 17.3. The molecule has 0 unspecified atom stereocenters. The van der Waals surface area contributed by atoms with Gasteiger partial charge < -0.3 is 20.3 Å². The number of aromatic amines is 1. The third-order valence-corrected chi connectivity index (χ3v) is 5.79. The minimum atomic E-state index is -1.30. The normalized spacial score (nSPS) is 15.6. The third kappa shape index (κ3) is 3.98. The molecule has 1 aromatic heterocycles. The van der Waals surface area contributed by atoms with Crippen molar-refractivity contribution in [3.63, 3.8) is 0 Å². The number of H-pyrrole nitrogens is 1. The van der Waals surface area contributed by atoms with Crippen molar-refractivity contribution in [1.82, 2.24) is 9.88 Å². The number of nitrogens with zero attached hydrogens (tertiary/aromatic N) is 1. The first-order chi connectivity index (χ1) is 14.7. The number of halogens is 2. The molecule has 2 aromatic carbocycles. The van der Waals surface area contributed by atoms with Gasteiger partial charge in [-0.25, -0.2) is 9.18 Å². The van der Waals surface area contributed by atoms with Gasteiger partial charge in [0.1, 0.15) is 11.5 Å². The third-order valence-electron chi connectivity index (χ3n) is 5.56. The van der Waals surface area contributed by atoms with Gasteiger partial charge in [-0.2, -0.15) is 0 Å². The average molecular weight is 444 g/mol. The zero-order valence-electron chi connectivity index (χ0n) is 16.5. The number of aromatic nitrogens is 1. The molecule has 1 amide bonds. The second-order valence-corrected chi connectivity index (χ2v) is 7.88. The highest BCUT2D eigenvalue weighted by atomic mass is 35.5. The van der Waals surface area contributed by atoms with Crippen LogP contribution in [-0.4, -0.2) is 40.0 Å². The summed E-state index contributed by atoms with van der Waals surface area (Å²) in [6.45, 7) is 2.30. The SMILES string of the molecule is C[C@H]1c2ccc(Cl)cc2CCN1C(=O)CNc1cc2cc(C(=O)O)[nH]c(=O)c2cc1F. The Labute approximate surface area is 181 Å². The summed E-state index contributed by atoms with van der Waals surface area (Å²) in [6.07, 6.45) is 0.678. The van der Waals surface area contributed by atoms with E-state index >= 15 is 0 Å². The van der Waals surface area contributed by atoms with Crippen LogP contribution in [0.1, 0.15) is 34.6 Å². The Morgan fingerprint density at radius 2 is 2.06 bits per heavy atom. The second-order valence-electron chi connectivity index (χ2n) is 7.45. The maximum Gasteiger partial charge on any atom is 0.352 e. The molecule has 0 aliphatic carbocycles. The molecule has 0 saturated heterocycles. The van der Waals surface area contributed by atoms with Gasteiger partial charge >= 0.3 is 5.97 Å². The van der Waals surface area contributed by atoms with Gasteiger partial charge in [0, 0.05) is 11.6 Å². The number of carboxylic acid groups (broad SMARTS) is 1. The summed E-state index contributed by atoms with van der Waals surface area (Å²) in [7, 11) is 0. The maximum atomic E-state index is 14.5. The molecule has 31 heavy (non-hydrogen) atoms. The quantitative estimate of drug-likeness (QED) is 0.572. The van der Waals surface area contributed by atoms with Gasteiger partial charge in [0.05, 0.1) is 23.7 Å². The topological polar surface area (TPSA) is 102 Å². The number of aromatic carboxylic acids is 1. The number of carboxylic acids is 1. The van der Waals surface area contributed by atoms with Crippen molar-refractivity contribution in [2.24, 2.45) is 0 Å². The summed E-state index contributed by atoms with van der Waals surface area (Å²) in [6, 6.07) is 9.07. The maximum absolute atomic E-state index is 14.5. The minimum Gasteiger partial charge on any atom is -0.477 e. The molecule has 0 bridgehead atoms. The van der Waals surface area contributed by atoms with E-state index in [0.717, 1.165) is 17.2 Å². The number of carbonyl (C=O) groups is 2. The Balaban J connectivity index is 1.54. The average Bonchev–Trinajstić information content (AvgIpc) is 2.72. The van der Waals surface area contributed by atoms with Gasteiger partial charge in [-0.1, -0.05) is 17.7 Å². The first-order valence-corrected chi connectivity index (χ1v) is 10.0. The lowest BCUT2D eigenvalue weighted by Crippen LogP contribution is -2.41. The summed E-state index contributed by atoms with van der Waals surface area (Å²) < 4.78 is 14.5. The van der Waals surface area contributed by atoms with Crippen molar-refractivity contribution >= 4 is 39.9 Å². The molecule has 0 fully saturated rings. The molecule has 3 aromatic rings. The number of hydrogen-bond acceptors (Lipinski definition) is 4. The van der Waals surface area contributed by atoms with E-state index in [9.17, 15) is 18.8 Å². The van der Waals surface area contributed by atoms with Crippen LogP contribution in [0.5, 0.6) is 0 Å². The zero-order chi connectivity index (χ0) is 22.3. The second kappa shape index (κ2) is 8.03. The van der Waals surface area contributed by atoms with Crippen LogP contribution in [0.15, 0.2) is 41.2 Å². The Bertz CT molecular complexity index is 1270. The number of benzene rings is 2. The van der Waals surface area contributed by atoms with E-state index in [1.807, 2.05) is 19.1 Å². The number of nitrogens with one attached hydrogen (secondary N) is 2. The molecule has 9 heteroatoms. The standard InChI is InChI=1S/C22H19ClFN3O4/c1-11-15-3-2-14(23)6-12(15)4-5-27(11)20(28)10-25-18-7-13-8-19(22(30)31)26-21(29)16(13)9-17(18)24/h2-3,6-9,11,25H,4-5,10H2,1H3,(H,26,29)(H,30,31)/t11-/m0/s1. The summed E-state index contributed by atoms with van der Waals surface area (Å²) in [5.74, 6) is -2.21. The van der Waals surface area contributed by atoms with E-state index in [4.69, 9.17) is 16.7 Å². The lowest BCUT2D eigenvalue weighted by Gasteiger charge is -2.35. The number of carbonyl (C=O) groups excluding carboxylic acids is 1. The summed E-state index contributed by atoms with van der Waals surface area (Å²) in [4.78, 5) is 39.9. The summed E-state index contributed by atoms with van der Waals surface area (Å²) >= 11 is 6.05. The van der Waals surface area contributed by atoms with Crippen molar-refractivity contribution in [1.29, 1.82) is 0 Å². The fraction of sp³-hybridized carbons (Fsp3) is 0.227. The van der Waals surface area contributed by atoms with Gasteiger partial charge in [-0.05, 0) is 60.2 Å². The van der Waals surface area contributed by atoms with Crippen LogP contribution >= 0.6 is 11.6 Å². The van der Waals surface area contributed by atoms with Gasteiger partial charge in [-0.15, -0.1) is 0 Å². The predicted molar refractivity (Wildman–Crippen MR) is 115 cm³/mol. The Kier molecular flexibility index (Phi) is 5.41. The van der Waals surface area contributed by atoms with Gasteiger partial charge in [-0.3, -0.25) is 9.59 Å². The van der Waals surface area contributed by atoms with E-state index < -0.39 is 17.3 Å².